The van der Waals surface area contributed by atoms with Crippen molar-refractivity contribution in [3.63, 3.8) is 0 Å². The maximum atomic E-state index is 10.4. The Morgan fingerprint density at radius 3 is 2.61 bits per heavy atom. The van der Waals surface area contributed by atoms with Gasteiger partial charge in [-0.3, -0.25) is 0 Å². The number of aliphatic carboxylic acids is 1. The molecule has 0 aliphatic heterocycles. The van der Waals surface area contributed by atoms with Gasteiger partial charge in [-0.25, -0.2) is 4.79 Å². The van der Waals surface area contributed by atoms with Crippen molar-refractivity contribution in [1.82, 2.24) is 0 Å². The highest BCUT2D eigenvalue weighted by molar-refractivity contribution is 7.98. The van der Waals surface area contributed by atoms with Crippen LogP contribution in [0.2, 0.25) is 0 Å². The Balaban J connectivity index is 2.34. The SMILES string of the molecule is CCCCCSCc1ccc(/C=C/C(=O)O)cc1. The Hall–Kier alpha value is -1.22. The number of carboxylic acid groups (broad SMARTS) is 1. The summed E-state index contributed by atoms with van der Waals surface area (Å²) in [6.45, 7) is 2.22. The minimum atomic E-state index is -0.912. The van der Waals surface area contributed by atoms with Crippen molar-refractivity contribution < 1.29 is 9.90 Å². The van der Waals surface area contributed by atoms with Crippen LogP contribution >= 0.6 is 11.8 Å². The molecular weight excluding hydrogens is 244 g/mol. The summed E-state index contributed by atoms with van der Waals surface area (Å²) in [5.41, 5.74) is 2.22. The molecule has 0 radical (unpaired) electrons. The van der Waals surface area contributed by atoms with Crippen LogP contribution in [0.3, 0.4) is 0 Å². The fraction of sp³-hybridized carbons (Fsp3) is 0.400. The minimum absolute atomic E-state index is 0.912. The fourth-order valence-electron chi connectivity index (χ4n) is 1.54. The first kappa shape index (κ1) is 14.8. The number of rotatable bonds is 8. The predicted molar refractivity (Wildman–Crippen MR) is 78.8 cm³/mol. The average molecular weight is 264 g/mol. The molecule has 1 aromatic carbocycles. The van der Waals surface area contributed by atoms with E-state index < -0.39 is 5.97 Å². The van der Waals surface area contributed by atoms with Gasteiger partial charge in [0.25, 0.3) is 0 Å². The first-order valence-corrected chi connectivity index (χ1v) is 7.45. The molecule has 2 nitrogen and oxygen atoms in total. The monoisotopic (exact) mass is 264 g/mol. The molecule has 0 unspecified atom stereocenters. The highest BCUT2D eigenvalue weighted by atomic mass is 32.2. The molecule has 0 bridgehead atoms. The van der Waals surface area contributed by atoms with Gasteiger partial charge < -0.3 is 5.11 Å². The van der Waals surface area contributed by atoms with E-state index in [9.17, 15) is 4.79 Å². The van der Waals surface area contributed by atoms with Gasteiger partial charge in [0.1, 0.15) is 0 Å². The lowest BCUT2D eigenvalue weighted by atomic mass is 10.1. The van der Waals surface area contributed by atoms with E-state index in [-0.39, 0.29) is 0 Å². The highest BCUT2D eigenvalue weighted by Gasteiger charge is 1.95. The van der Waals surface area contributed by atoms with E-state index in [1.807, 2.05) is 23.9 Å². The smallest absolute Gasteiger partial charge is 0.328 e. The molecule has 0 fully saturated rings. The third-order valence-electron chi connectivity index (χ3n) is 2.56. The van der Waals surface area contributed by atoms with E-state index in [2.05, 4.69) is 19.1 Å². The molecule has 1 aromatic rings. The summed E-state index contributed by atoms with van der Waals surface area (Å²) in [7, 11) is 0. The van der Waals surface area contributed by atoms with Crippen molar-refractivity contribution >= 4 is 23.8 Å². The van der Waals surface area contributed by atoms with E-state index >= 15 is 0 Å². The molecule has 0 aromatic heterocycles. The van der Waals surface area contributed by atoms with Crippen molar-refractivity contribution in [2.24, 2.45) is 0 Å². The Kier molecular flexibility index (Phi) is 7.26. The van der Waals surface area contributed by atoms with Gasteiger partial charge in [0.15, 0.2) is 0 Å². The second kappa shape index (κ2) is 8.81. The minimum Gasteiger partial charge on any atom is -0.478 e. The van der Waals surface area contributed by atoms with Crippen LogP contribution in [0.15, 0.2) is 30.3 Å². The van der Waals surface area contributed by atoms with Gasteiger partial charge >= 0.3 is 5.97 Å². The molecule has 0 saturated heterocycles. The standard InChI is InChI=1S/C15H20O2S/c1-2-3-4-11-18-12-14-7-5-13(6-8-14)9-10-15(16)17/h5-10H,2-4,11-12H2,1H3,(H,16,17)/b10-9+. The number of thioether (sulfide) groups is 1. The van der Waals surface area contributed by atoms with E-state index in [0.29, 0.717) is 0 Å². The number of hydrogen-bond donors (Lipinski definition) is 1. The molecule has 0 saturated carbocycles. The number of unbranched alkanes of at least 4 members (excludes halogenated alkanes) is 2. The van der Waals surface area contributed by atoms with Gasteiger partial charge in [0.05, 0.1) is 0 Å². The zero-order chi connectivity index (χ0) is 13.2. The van der Waals surface area contributed by atoms with Crippen LogP contribution in [0.1, 0.15) is 37.3 Å². The molecule has 18 heavy (non-hydrogen) atoms. The molecule has 0 atom stereocenters. The fourth-order valence-corrected chi connectivity index (χ4v) is 2.52. The molecular formula is C15H20O2S. The van der Waals surface area contributed by atoms with Crippen molar-refractivity contribution in [3.05, 3.63) is 41.5 Å². The van der Waals surface area contributed by atoms with Gasteiger partial charge in [-0.05, 0) is 29.4 Å². The summed E-state index contributed by atoms with van der Waals surface area (Å²) in [4.78, 5) is 10.4. The Morgan fingerprint density at radius 2 is 2.00 bits per heavy atom. The largest absolute Gasteiger partial charge is 0.478 e. The van der Waals surface area contributed by atoms with Crippen LogP contribution in [0.25, 0.3) is 6.08 Å². The van der Waals surface area contributed by atoms with Crippen LogP contribution < -0.4 is 0 Å². The van der Waals surface area contributed by atoms with Crippen molar-refractivity contribution in [2.45, 2.75) is 31.9 Å². The van der Waals surface area contributed by atoms with Crippen LogP contribution in [0.5, 0.6) is 0 Å². The summed E-state index contributed by atoms with van der Waals surface area (Å²) in [6, 6.07) is 8.05. The number of hydrogen-bond acceptors (Lipinski definition) is 2. The third-order valence-corrected chi connectivity index (χ3v) is 3.67. The second-order valence-electron chi connectivity index (χ2n) is 4.17. The van der Waals surface area contributed by atoms with Gasteiger partial charge in [-0.2, -0.15) is 11.8 Å². The summed E-state index contributed by atoms with van der Waals surface area (Å²) in [6.07, 6.45) is 6.65. The Labute approximate surface area is 113 Å². The zero-order valence-corrected chi connectivity index (χ0v) is 11.6. The number of carbonyl (C=O) groups is 1. The normalized spacial score (nSPS) is 10.9. The van der Waals surface area contributed by atoms with E-state index in [0.717, 1.165) is 17.4 Å². The van der Waals surface area contributed by atoms with Crippen LogP contribution in [0, 0.1) is 0 Å². The topological polar surface area (TPSA) is 37.3 Å². The third kappa shape index (κ3) is 6.50. The molecule has 0 heterocycles. The van der Waals surface area contributed by atoms with Gasteiger partial charge in [0.2, 0.25) is 0 Å². The lowest BCUT2D eigenvalue weighted by molar-refractivity contribution is -0.131. The van der Waals surface area contributed by atoms with Crippen LogP contribution in [-0.2, 0) is 10.5 Å². The summed E-state index contributed by atoms with van der Waals surface area (Å²) in [5, 5.41) is 8.53. The summed E-state index contributed by atoms with van der Waals surface area (Å²) >= 11 is 1.96. The van der Waals surface area contributed by atoms with Gasteiger partial charge in [-0.15, -0.1) is 0 Å². The number of carboxylic acids is 1. The zero-order valence-electron chi connectivity index (χ0n) is 10.8. The first-order chi connectivity index (χ1) is 8.72. The summed E-state index contributed by atoms with van der Waals surface area (Å²) in [5.74, 6) is 1.34. The quantitative estimate of drug-likeness (QED) is 0.564. The molecule has 3 heteroatoms. The molecule has 0 aliphatic carbocycles. The molecule has 98 valence electrons. The Morgan fingerprint density at radius 1 is 1.28 bits per heavy atom. The van der Waals surface area contributed by atoms with E-state index in [1.54, 1.807) is 6.08 Å². The second-order valence-corrected chi connectivity index (χ2v) is 5.28. The molecule has 0 spiro atoms. The molecule has 1 rings (SSSR count). The van der Waals surface area contributed by atoms with Crippen LogP contribution in [0.4, 0.5) is 0 Å². The van der Waals surface area contributed by atoms with Crippen molar-refractivity contribution in [1.29, 1.82) is 0 Å². The lowest BCUT2D eigenvalue weighted by Crippen LogP contribution is -1.86. The van der Waals surface area contributed by atoms with Gasteiger partial charge in [-0.1, -0.05) is 44.0 Å². The number of benzene rings is 1. The highest BCUT2D eigenvalue weighted by Crippen LogP contribution is 2.15. The van der Waals surface area contributed by atoms with E-state index in [1.165, 1.54) is 30.6 Å². The van der Waals surface area contributed by atoms with Crippen molar-refractivity contribution in [2.75, 3.05) is 5.75 Å². The predicted octanol–water partition coefficient (Wildman–Crippen LogP) is 4.21. The lowest BCUT2D eigenvalue weighted by Gasteiger charge is -2.02. The van der Waals surface area contributed by atoms with Crippen LogP contribution in [-0.4, -0.2) is 16.8 Å². The molecule has 0 aliphatic rings. The van der Waals surface area contributed by atoms with Gasteiger partial charge in [0, 0.05) is 11.8 Å². The van der Waals surface area contributed by atoms with Crippen molar-refractivity contribution in [3.8, 4) is 0 Å². The molecule has 1 N–H and O–H groups in total. The average Bonchev–Trinajstić information content (AvgIpc) is 2.37. The van der Waals surface area contributed by atoms with E-state index in [4.69, 9.17) is 5.11 Å². The maximum absolute atomic E-state index is 10.4. The maximum Gasteiger partial charge on any atom is 0.328 e. The summed E-state index contributed by atoms with van der Waals surface area (Å²) < 4.78 is 0. The molecule has 0 amide bonds. The first-order valence-electron chi connectivity index (χ1n) is 6.30. The Bertz CT molecular complexity index is 382.